The first-order chi connectivity index (χ1) is 72.6. The van der Waals surface area contributed by atoms with Crippen LogP contribution in [0.1, 0.15) is 188 Å². The second-order valence-corrected chi connectivity index (χ2v) is 43.5. The Kier molecular flexibility index (Phi) is 31.3. The molecule has 0 bridgehead atoms. The maximum Gasteiger partial charge on any atom is 0.188 e. The number of hydrogen-bond acceptors (Lipinski definition) is 28. The van der Waals surface area contributed by atoms with Gasteiger partial charge in [-0.25, -0.2) is 82.6 Å². The fraction of sp³-hybridized carbons (Fsp3) is 0.333. The summed E-state index contributed by atoms with van der Waals surface area (Å²) in [5.74, 6) is 7.28. The van der Waals surface area contributed by atoms with Crippen LogP contribution in [0.4, 0.5) is 59.1 Å². The second-order valence-electron chi connectivity index (χ2n) is 39.2. The number of hydrogen-bond donors (Lipinski definition) is 5. The third-order valence-corrected chi connectivity index (χ3v) is 30.1. The van der Waals surface area contributed by atoms with Gasteiger partial charge in [0.25, 0.3) is 0 Å². The molecule has 16 aromatic heterocycles. The molecule has 0 saturated heterocycles. The highest BCUT2D eigenvalue weighted by molar-refractivity contribution is 7.15. The van der Waals surface area contributed by atoms with Gasteiger partial charge in [0.1, 0.15) is 58.6 Å². The molecule has 774 valence electrons. The standard InChI is InChI=1S/C23H26N6OS.C23H28N6OS.C22H23FN6S.C22H24N6S.C21H25N7S/c1-4-29-22(17-7-5-6-8-18(17)27-29)26-23-25-19(13-31-23)16-9-10-20(21(11-16)30-3)28-12-15(2)24-14-28;1-7-29-21(11-20(27-29)23(3,4)5)26-22-25-17(13-31-22)16-8-9-18(19(10-16)30-6)28-12-15(2)24-14-28;1-3-29-21(16-6-4-5-7-18(16)27-29)26-22-25-19(12-30-22)15-8-9-20(17(23)10-15)28-11-14(2)24-13-28;1-3-28-21(18-6-4-5-7-19(18)26-28)25-22-24-20(13-29-22)16-8-10-17(11-9-16)27-12-15(2)23-14-27;1-6-28-19(9-17(26-28)21(3,4)5)25-20-24-16(12-29-20)15-7-8-18(22-10-15)27-11-14(2)23-13-27/h9-14H,4-8H2,1-3H3,(H,25,26);8-14H,7H2,1-6H3,(H,25,26);8-13H,3-7H2,1-2H3,(H,25,26);8-14H,3-7H2,1-2H3,(H,24,25);7-13H,6H2,1-5H3,(H,24,25). The molecule has 0 aliphatic heterocycles. The highest BCUT2D eigenvalue weighted by Gasteiger charge is 2.29. The average Bonchev–Trinajstić information content (AvgIpc) is 1.64. The molecular weight excluding hydrogens is 1980 g/mol. The third-order valence-electron chi connectivity index (χ3n) is 26.3. The van der Waals surface area contributed by atoms with Crippen molar-refractivity contribution in [2.24, 2.45) is 0 Å². The number of nitrogens with one attached hydrogen (secondary N) is 5. The van der Waals surface area contributed by atoms with Crippen LogP contribution in [-0.4, -0.2) is 141 Å². The van der Waals surface area contributed by atoms with E-state index in [4.69, 9.17) is 59.9 Å². The lowest BCUT2D eigenvalue weighted by atomic mass is 9.92. The average molecular weight is 2110 g/mol. The summed E-state index contributed by atoms with van der Waals surface area (Å²) in [5, 5.41) is 55.7. The zero-order valence-corrected chi connectivity index (χ0v) is 92.0. The number of anilines is 10. The van der Waals surface area contributed by atoms with Crippen molar-refractivity contribution in [3.05, 3.63) is 278 Å². The quantitative estimate of drug-likeness (QED) is 0.0319. The van der Waals surface area contributed by atoms with Crippen LogP contribution in [0.2, 0.25) is 0 Å². The maximum atomic E-state index is 14.7. The Morgan fingerprint density at radius 3 is 0.973 bits per heavy atom. The summed E-state index contributed by atoms with van der Waals surface area (Å²) in [7, 11) is 3.37. The zero-order valence-electron chi connectivity index (χ0n) is 87.9. The van der Waals surface area contributed by atoms with Gasteiger partial charge in [0.15, 0.2) is 25.7 Å². The van der Waals surface area contributed by atoms with Crippen LogP contribution in [0.3, 0.4) is 0 Å². The third kappa shape index (κ3) is 23.6. The van der Waals surface area contributed by atoms with Gasteiger partial charge in [-0.15, -0.1) is 56.7 Å². The van der Waals surface area contributed by atoms with E-state index in [0.717, 1.165) is 257 Å². The topological polar surface area (TPSA) is 334 Å². The predicted octanol–water partition coefficient (Wildman–Crippen LogP) is 26.1. The molecule has 5 N–H and O–H groups in total. The molecule has 150 heavy (non-hydrogen) atoms. The van der Waals surface area contributed by atoms with Crippen molar-refractivity contribution >= 4 is 111 Å². The van der Waals surface area contributed by atoms with Crippen LogP contribution in [-0.2, 0) is 82.1 Å². The van der Waals surface area contributed by atoms with Crippen molar-refractivity contribution in [3.63, 3.8) is 0 Å². The number of nitrogens with zero attached hydrogens (tertiary/aromatic N) is 26. The Morgan fingerprint density at radius 1 is 0.327 bits per heavy atom. The second kappa shape index (κ2) is 45.5. The van der Waals surface area contributed by atoms with Crippen LogP contribution in [0.5, 0.6) is 11.5 Å². The molecule has 0 amide bonds. The number of ether oxygens (including phenoxy) is 2. The van der Waals surface area contributed by atoms with Crippen LogP contribution in [0.25, 0.3) is 84.9 Å². The molecule has 0 unspecified atom stereocenters. The lowest BCUT2D eigenvalue weighted by Gasteiger charge is -2.13. The molecule has 0 spiro atoms. The minimum atomic E-state index is -0.300. The number of methoxy groups -OCH3 is 2. The molecule has 3 aliphatic carbocycles. The first kappa shape index (κ1) is 103. The number of fused-ring (bicyclic) bond motifs is 3. The Labute approximate surface area is 892 Å². The lowest BCUT2D eigenvalue weighted by molar-refractivity contribution is 0.413. The molecule has 4 aromatic carbocycles. The summed E-state index contributed by atoms with van der Waals surface area (Å²) in [5.41, 5.74) is 27.4. The van der Waals surface area contributed by atoms with Gasteiger partial charge < -0.3 is 54.3 Å². The summed E-state index contributed by atoms with van der Waals surface area (Å²) < 4.78 is 45.7. The van der Waals surface area contributed by atoms with Crippen molar-refractivity contribution in [1.82, 2.24) is 127 Å². The molecule has 0 fully saturated rings. The summed E-state index contributed by atoms with van der Waals surface area (Å²) in [4.78, 5) is 49.8. The molecule has 33 nitrogen and oxygen atoms in total. The van der Waals surface area contributed by atoms with E-state index >= 15 is 0 Å². The molecule has 3 aliphatic rings. The van der Waals surface area contributed by atoms with E-state index in [1.54, 1.807) is 102 Å². The number of aromatic nitrogens is 26. The Bertz CT molecular complexity index is 8030. The lowest BCUT2D eigenvalue weighted by Crippen LogP contribution is -2.12. The van der Waals surface area contributed by atoms with Gasteiger partial charge in [0.2, 0.25) is 0 Å². The van der Waals surface area contributed by atoms with E-state index in [1.807, 2.05) is 157 Å². The number of imidazole rings is 5. The number of pyridine rings is 1. The fourth-order valence-electron chi connectivity index (χ4n) is 18.3. The number of halogens is 1. The van der Waals surface area contributed by atoms with E-state index in [0.29, 0.717) is 5.69 Å². The molecule has 23 rings (SSSR count). The molecule has 20 aromatic rings. The molecule has 0 saturated carbocycles. The van der Waals surface area contributed by atoms with Crippen molar-refractivity contribution in [1.29, 1.82) is 0 Å². The predicted molar refractivity (Wildman–Crippen MR) is 601 cm³/mol. The summed E-state index contributed by atoms with van der Waals surface area (Å²) in [6, 6.07) is 34.1. The smallest absolute Gasteiger partial charge is 0.188 e. The monoisotopic (exact) mass is 2100 g/mol. The van der Waals surface area contributed by atoms with Gasteiger partial charge in [-0.2, -0.15) is 25.5 Å². The fourth-order valence-corrected chi connectivity index (χ4v) is 21.9. The van der Waals surface area contributed by atoms with Crippen molar-refractivity contribution in [3.8, 4) is 96.4 Å². The number of rotatable bonds is 27. The molecule has 0 atom stereocenters. The van der Waals surface area contributed by atoms with Crippen molar-refractivity contribution in [2.45, 2.75) is 231 Å². The van der Waals surface area contributed by atoms with Crippen LogP contribution in [0, 0.1) is 40.4 Å². The van der Waals surface area contributed by atoms with Gasteiger partial charge in [-0.1, -0.05) is 71.9 Å². The summed E-state index contributed by atoms with van der Waals surface area (Å²) >= 11 is 7.92. The highest BCUT2D eigenvalue weighted by Crippen LogP contribution is 2.42. The largest absolute Gasteiger partial charge is 0.495 e. The van der Waals surface area contributed by atoms with Crippen molar-refractivity contribution in [2.75, 3.05) is 40.8 Å². The van der Waals surface area contributed by atoms with Gasteiger partial charge in [0.05, 0.1) is 142 Å². The first-order valence-electron chi connectivity index (χ1n) is 50.9. The van der Waals surface area contributed by atoms with Gasteiger partial charge in [-0.05, 0) is 207 Å². The van der Waals surface area contributed by atoms with Gasteiger partial charge >= 0.3 is 0 Å². The Hall–Kier alpha value is -15.2. The molecule has 16 heterocycles. The van der Waals surface area contributed by atoms with Gasteiger partial charge in [-0.3, -0.25) is 4.57 Å². The molecular formula is C111H126FN31O2S5. The van der Waals surface area contributed by atoms with E-state index in [1.165, 1.54) is 89.7 Å². The molecule has 0 radical (unpaired) electrons. The first-order valence-corrected chi connectivity index (χ1v) is 55.3. The maximum absolute atomic E-state index is 14.7. The van der Waals surface area contributed by atoms with Gasteiger partial charge in [0, 0.05) is 170 Å². The van der Waals surface area contributed by atoms with E-state index in [2.05, 4.69) is 207 Å². The normalized spacial score (nSPS) is 12.7. The van der Waals surface area contributed by atoms with Crippen LogP contribution < -0.4 is 36.1 Å². The van der Waals surface area contributed by atoms with Crippen LogP contribution in [0.15, 0.2) is 199 Å². The van der Waals surface area contributed by atoms with E-state index < -0.39 is 0 Å². The van der Waals surface area contributed by atoms with Crippen LogP contribution >= 0.6 is 56.7 Å². The van der Waals surface area contributed by atoms with Crippen molar-refractivity contribution < 1.29 is 13.9 Å². The SMILES string of the molecule is CCn1nc(C(C)(C)C)cc1Nc1nc(-c2ccc(-n3cnc(C)c3)c(OC)c2)cs1.CCn1nc(C(C)(C)C)cc1Nc1nc(-c2ccc(-n3cnc(C)c3)nc2)cs1.CCn1nc2c(c1Nc1nc(-c3ccc(-n4cnc(C)c4)c(F)c3)cs1)CCCC2.CCn1nc2c(c1Nc1nc(-c3ccc(-n4cnc(C)c4)c(OC)c3)cs1)CCCC2.CCn1nc2c(c1Nc1nc(-c3ccc(-n4cnc(C)c4)cc3)cs1)CCCC2. The number of benzene rings is 4. The summed E-state index contributed by atoms with van der Waals surface area (Å²) in [6.07, 6.45) is 34.2. The minimum Gasteiger partial charge on any atom is -0.495 e. The Balaban J connectivity index is 0.000000118. The number of aryl methyl sites for hydroxylation is 13. The number of thiazole rings is 5. The van der Waals surface area contributed by atoms with E-state index in [9.17, 15) is 4.39 Å². The minimum absolute atomic E-state index is 0.00301. The zero-order chi connectivity index (χ0) is 105. The molecule has 39 heteroatoms. The highest BCUT2D eigenvalue weighted by atomic mass is 32.1. The van der Waals surface area contributed by atoms with E-state index in [-0.39, 0.29) is 16.6 Å². The summed E-state index contributed by atoms with van der Waals surface area (Å²) in [6.45, 7) is 37.5. The Morgan fingerprint density at radius 2 is 0.640 bits per heavy atom.